The summed E-state index contributed by atoms with van der Waals surface area (Å²) in [5.74, 6) is 0.713. The van der Waals surface area contributed by atoms with Crippen LogP contribution in [0.25, 0.3) is 0 Å². The van der Waals surface area contributed by atoms with Gasteiger partial charge < -0.3 is 19.3 Å². The van der Waals surface area contributed by atoms with E-state index in [0.29, 0.717) is 5.92 Å². The number of aryl methyl sites for hydroxylation is 1. The van der Waals surface area contributed by atoms with Gasteiger partial charge in [0, 0.05) is 58.4 Å². The van der Waals surface area contributed by atoms with Crippen molar-refractivity contribution >= 4 is 5.91 Å². The minimum absolute atomic E-state index is 0.171. The fourth-order valence-electron chi connectivity index (χ4n) is 4.75. The van der Waals surface area contributed by atoms with Crippen LogP contribution < -0.4 is 0 Å². The van der Waals surface area contributed by atoms with E-state index in [0.717, 1.165) is 70.8 Å². The number of likely N-dealkylation sites (tertiary alicyclic amines) is 2. The molecule has 2 aliphatic heterocycles. The van der Waals surface area contributed by atoms with Crippen molar-refractivity contribution in [3.05, 3.63) is 35.4 Å². The van der Waals surface area contributed by atoms with Crippen molar-refractivity contribution in [1.82, 2.24) is 9.80 Å². The van der Waals surface area contributed by atoms with Crippen molar-refractivity contribution in [2.45, 2.75) is 26.2 Å². The molecule has 2 saturated heterocycles. The summed E-state index contributed by atoms with van der Waals surface area (Å²) in [4.78, 5) is 17.4. The first-order chi connectivity index (χ1) is 13.1. The van der Waals surface area contributed by atoms with E-state index in [1.807, 2.05) is 17.0 Å². The second-order valence-corrected chi connectivity index (χ2v) is 8.09. The molecule has 1 atom stereocenters. The van der Waals surface area contributed by atoms with E-state index >= 15 is 0 Å². The largest absolute Gasteiger partial charge is 0.384 e. The lowest BCUT2D eigenvalue weighted by molar-refractivity contribution is 0.0321. The van der Waals surface area contributed by atoms with Crippen LogP contribution in [0.4, 0.5) is 0 Å². The fourth-order valence-corrected chi connectivity index (χ4v) is 4.75. The topological polar surface area (TPSA) is 42.0 Å². The van der Waals surface area contributed by atoms with Crippen LogP contribution in [0.15, 0.2) is 24.3 Å². The van der Waals surface area contributed by atoms with Crippen LogP contribution in [0.3, 0.4) is 0 Å². The minimum Gasteiger partial charge on any atom is -0.384 e. The predicted octanol–water partition coefficient (Wildman–Crippen LogP) is 2.70. The number of carbonyl (C=O) groups excluding carboxylic acids is 1. The number of ether oxygens (including phenoxy) is 2. The zero-order valence-electron chi connectivity index (χ0n) is 17.1. The van der Waals surface area contributed by atoms with Crippen LogP contribution >= 0.6 is 0 Å². The molecule has 1 aromatic carbocycles. The number of rotatable bonds is 7. The number of hydrogen-bond acceptors (Lipinski definition) is 4. The Morgan fingerprint density at radius 2 is 1.85 bits per heavy atom. The average Bonchev–Trinajstić information content (AvgIpc) is 3.03. The molecule has 0 N–H and O–H groups in total. The zero-order valence-corrected chi connectivity index (χ0v) is 17.1. The fraction of sp³-hybridized carbons (Fsp3) is 0.682. The summed E-state index contributed by atoms with van der Waals surface area (Å²) in [7, 11) is 3.56. The average molecular weight is 375 g/mol. The van der Waals surface area contributed by atoms with Crippen molar-refractivity contribution in [2.75, 3.05) is 60.2 Å². The van der Waals surface area contributed by atoms with E-state index in [1.54, 1.807) is 14.2 Å². The minimum atomic E-state index is 0.171. The van der Waals surface area contributed by atoms with E-state index in [2.05, 4.69) is 24.0 Å². The van der Waals surface area contributed by atoms with Gasteiger partial charge in [0.05, 0.1) is 13.2 Å². The van der Waals surface area contributed by atoms with Crippen molar-refractivity contribution in [1.29, 1.82) is 0 Å². The van der Waals surface area contributed by atoms with Crippen molar-refractivity contribution in [2.24, 2.45) is 11.3 Å². The third kappa shape index (κ3) is 4.53. The molecule has 0 saturated carbocycles. The van der Waals surface area contributed by atoms with Crippen molar-refractivity contribution in [3.63, 3.8) is 0 Å². The van der Waals surface area contributed by atoms with Gasteiger partial charge in [-0.05, 0) is 42.4 Å². The third-order valence-corrected chi connectivity index (χ3v) is 6.52. The molecule has 1 amide bonds. The highest BCUT2D eigenvalue weighted by Crippen LogP contribution is 2.44. The van der Waals surface area contributed by atoms with Gasteiger partial charge in [-0.15, -0.1) is 0 Å². The summed E-state index contributed by atoms with van der Waals surface area (Å²) in [5.41, 5.74) is 2.35. The van der Waals surface area contributed by atoms with E-state index in [1.165, 1.54) is 5.56 Å². The second-order valence-electron chi connectivity index (χ2n) is 8.09. The molecule has 0 radical (unpaired) electrons. The molecule has 2 heterocycles. The predicted molar refractivity (Wildman–Crippen MR) is 107 cm³/mol. The highest BCUT2D eigenvalue weighted by atomic mass is 16.5. The molecular weight excluding hydrogens is 340 g/mol. The lowest BCUT2D eigenvalue weighted by Crippen LogP contribution is -2.47. The van der Waals surface area contributed by atoms with Crippen LogP contribution in [0.1, 0.15) is 35.7 Å². The molecule has 0 unspecified atom stereocenters. The Morgan fingerprint density at radius 1 is 1.15 bits per heavy atom. The van der Waals surface area contributed by atoms with Crippen LogP contribution in [-0.2, 0) is 15.9 Å². The molecule has 0 aliphatic carbocycles. The quantitative estimate of drug-likeness (QED) is 0.736. The molecule has 0 bridgehead atoms. The maximum Gasteiger partial charge on any atom is 0.253 e. The molecule has 1 spiro atoms. The number of piperidine rings is 1. The van der Waals surface area contributed by atoms with Gasteiger partial charge in [-0.1, -0.05) is 19.1 Å². The Bertz CT molecular complexity index is 608. The van der Waals surface area contributed by atoms with E-state index in [9.17, 15) is 4.79 Å². The Labute approximate surface area is 163 Å². The smallest absolute Gasteiger partial charge is 0.253 e. The Kier molecular flexibility index (Phi) is 6.90. The van der Waals surface area contributed by atoms with E-state index in [-0.39, 0.29) is 11.3 Å². The van der Waals surface area contributed by atoms with Gasteiger partial charge in [-0.25, -0.2) is 0 Å². The molecule has 5 heteroatoms. The van der Waals surface area contributed by atoms with Crippen LogP contribution in [-0.4, -0.2) is 75.9 Å². The molecule has 2 aliphatic rings. The summed E-state index contributed by atoms with van der Waals surface area (Å²) in [6, 6.07) is 8.08. The molecule has 150 valence electrons. The summed E-state index contributed by atoms with van der Waals surface area (Å²) < 4.78 is 10.8. The van der Waals surface area contributed by atoms with Gasteiger partial charge in [0.25, 0.3) is 5.91 Å². The maximum atomic E-state index is 12.9. The first-order valence-electron chi connectivity index (χ1n) is 10.2. The molecule has 3 rings (SSSR count). The number of methoxy groups -OCH3 is 2. The molecule has 2 fully saturated rings. The molecular formula is C22H34N2O3. The monoisotopic (exact) mass is 374 g/mol. The number of nitrogens with zero attached hydrogens (tertiary/aromatic N) is 2. The lowest BCUT2D eigenvalue weighted by Gasteiger charge is -2.42. The zero-order chi connectivity index (χ0) is 19.3. The molecule has 5 nitrogen and oxygen atoms in total. The Hall–Kier alpha value is -1.43. The normalized spacial score (nSPS) is 22.5. The number of hydrogen-bond donors (Lipinski definition) is 0. The van der Waals surface area contributed by atoms with Crippen molar-refractivity contribution < 1.29 is 14.3 Å². The number of benzene rings is 1. The van der Waals surface area contributed by atoms with Gasteiger partial charge in [-0.2, -0.15) is 0 Å². The van der Waals surface area contributed by atoms with Gasteiger partial charge in [-0.3, -0.25) is 4.79 Å². The highest BCUT2D eigenvalue weighted by molar-refractivity contribution is 5.94. The van der Waals surface area contributed by atoms with Gasteiger partial charge >= 0.3 is 0 Å². The lowest BCUT2D eigenvalue weighted by atomic mass is 9.71. The SMILES string of the molecule is CCc1ccc(C(=O)N2CCC3(CC2)CN(CCOC)C[C@H]3COC)cc1. The summed E-state index contributed by atoms with van der Waals surface area (Å²) in [6.07, 6.45) is 3.12. The summed E-state index contributed by atoms with van der Waals surface area (Å²) in [5, 5.41) is 0. The van der Waals surface area contributed by atoms with E-state index in [4.69, 9.17) is 9.47 Å². The van der Waals surface area contributed by atoms with Crippen LogP contribution in [0.5, 0.6) is 0 Å². The molecule has 27 heavy (non-hydrogen) atoms. The molecule has 0 aromatic heterocycles. The number of carbonyl (C=O) groups is 1. The maximum absolute atomic E-state index is 12.9. The van der Waals surface area contributed by atoms with Crippen LogP contribution in [0, 0.1) is 11.3 Å². The second kappa shape index (κ2) is 9.18. The standard InChI is InChI=1S/C22H34N2O3/c1-4-18-5-7-19(8-6-18)21(25)24-11-9-22(10-12-24)17-23(13-14-26-2)15-20(22)16-27-3/h5-8,20H,4,9-17H2,1-3H3/t20-/m0/s1. The van der Waals surface area contributed by atoms with Gasteiger partial charge in [0.2, 0.25) is 0 Å². The first-order valence-corrected chi connectivity index (χ1v) is 10.2. The van der Waals surface area contributed by atoms with E-state index < -0.39 is 0 Å². The van der Waals surface area contributed by atoms with Crippen molar-refractivity contribution in [3.8, 4) is 0 Å². The van der Waals surface area contributed by atoms with Gasteiger partial charge in [0.1, 0.15) is 0 Å². The first kappa shape index (κ1) is 20.3. The van der Waals surface area contributed by atoms with Gasteiger partial charge in [0.15, 0.2) is 0 Å². The summed E-state index contributed by atoms with van der Waals surface area (Å²) in [6.45, 7) is 8.53. The number of amides is 1. The molecule has 1 aromatic rings. The summed E-state index contributed by atoms with van der Waals surface area (Å²) >= 11 is 0. The third-order valence-electron chi connectivity index (χ3n) is 6.52. The Morgan fingerprint density at radius 3 is 2.44 bits per heavy atom. The highest BCUT2D eigenvalue weighted by Gasteiger charge is 2.48. The van der Waals surface area contributed by atoms with Crippen LogP contribution in [0.2, 0.25) is 0 Å². The Balaban J connectivity index is 1.62.